The van der Waals surface area contributed by atoms with Crippen LogP contribution in [0.1, 0.15) is 7.43 Å². The standard InChI is InChI=1S/C20H11F4N3O2.CH4/c21-13-3-1-12(2-4-13)16-11-27(19(28)18-17(16)25-9-10-26-18)14-5-7-15(8-6-14)29-20(22,23)24;/h1-11H;1H4. The quantitative estimate of drug-likeness (QED) is 0.434. The molecule has 154 valence electrons. The summed E-state index contributed by atoms with van der Waals surface area (Å²) in [7, 11) is 0. The number of pyridine rings is 1. The van der Waals surface area contributed by atoms with Crippen LogP contribution in [0.2, 0.25) is 0 Å². The van der Waals surface area contributed by atoms with Gasteiger partial charge in [0.1, 0.15) is 17.1 Å². The van der Waals surface area contributed by atoms with Gasteiger partial charge >= 0.3 is 6.36 Å². The van der Waals surface area contributed by atoms with Crippen LogP contribution >= 0.6 is 0 Å². The van der Waals surface area contributed by atoms with Crippen molar-refractivity contribution in [2.45, 2.75) is 13.8 Å². The number of alkyl halides is 3. The molecular weight excluding hydrogens is 402 g/mol. The average Bonchev–Trinajstić information content (AvgIpc) is 2.69. The van der Waals surface area contributed by atoms with Crippen LogP contribution in [0.4, 0.5) is 17.6 Å². The second-order valence-corrected chi connectivity index (χ2v) is 6.02. The van der Waals surface area contributed by atoms with Crippen LogP contribution in [0.15, 0.2) is 71.9 Å². The number of nitrogens with zero attached hydrogens (tertiary/aromatic N) is 3. The summed E-state index contributed by atoms with van der Waals surface area (Å²) in [6, 6.07) is 10.5. The van der Waals surface area contributed by atoms with Gasteiger partial charge in [-0.3, -0.25) is 14.3 Å². The van der Waals surface area contributed by atoms with E-state index in [9.17, 15) is 22.4 Å². The van der Waals surface area contributed by atoms with E-state index >= 15 is 0 Å². The number of hydrogen-bond acceptors (Lipinski definition) is 4. The van der Waals surface area contributed by atoms with Crippen LogP contribution in [0.3, 0.4) is 0 Å². The van der Waals surface area contributed by atoms with Crippen LogP contribution < -0.4 is 10.3 Å². The Morgan fingerprint density at radius 1 is 0.867 bits per heavy atom. The first-order valence-corrected chi connectivity index (χ1v) is 8.30. The lowest BCUT2D eigenvalue weighted by atomic mass is 10.1. The minimum atomic E-state index is -4.81. The summed E-state index contributed by atoms with van der Waals surface area (Å²) in [5, 5.41) is 0. The van der Waals surface area contributed by atoms with E-state index in [-0.39, 0.29) is 12.9 Å². The molecule has 0 spiro atoms. The zero-order chi connectivity index (χ0) is 20.6. The minimum absolute atomic E-state index is 0. The first kappa shape index (κ1) is 21.0. The molecule has 0 radical (unpaired) electrons. The molecule has 0 aliphatic rings. The largest absolute Gasteiger partial charge is 0.573 e. The first-order chi connectivity index (χ1) is 13.8. The number of ether oxygens (including phenoxy) is 1. The molecule has 2 aromatic carbocycles. The molecular formula is C21H15F4N3O2. The highest BCUT2D eigenvalue weighted by Crippen LogP contribution is 2.27. The molecule has 0 saturated carbocycles. The van der Waals surface area contributed by atoms with Crippen molar-refractivity contribution in [2.75, 3.05) is 0 Å². The molecule has 0 bridgehead atoms. The molecule has 0 unspecified atom stereocenters. The highest BCUT2D eigenvalue weighted by Gasteiger charge is 2.31. The van der Waals surface area contributed by atoms with Gasteiger partial charge in [0.2, 0.25) is 0 Å². The summed E-state index contributed by atoms with van der Waals surface area (Å²) in [6.45, 7) is 0. The monoisotopic (exact) mass is 417 g/mol. The second kappa shape index (κ2) is 7.94. The number of benzene rings is 2. The van der Waals surface area contributed by atoms with E-state index in [1.807, 2.05) is 0 Å². The lowest BCUT2D eigenvalue weighted by Gasteiger charge is -2.13. The Balaban J connectivity index is 0.00000256. The highest BCUT2D eigenvalue weighted by molar-refractivity contribution is 5.90. The number of rotatable bonds is 3. The Labute approximate surface area is 168 Å². The van der Waals surface area contributed by atoms with Gasteiger partial charge in [-0.05, 0) is 42.0 Å². The third-order valence-corrected chi connectivity index (χ3v) is 4.14. The SMILES string of the molecule is C.O=c1c2nccnc2c(-c2ccc(F)cc2)cn1-c1ccc(OC(F)(F)F)cc1. The second-order valence-electron chi connectivity index (χ2n) is 6.02. The molecule has 0 N–H and O–H groups in total. The maximum atomic E-state index is 13.3. The molecule has 0 fully saturated rings. The lowest BCUT2D eigenvalue weighted by molar-refractivity contribution is -0.274. The van der Waals surface area contributed by atoms with E-state index in [4.69, 9.17) is 0 Å². The Morgan fingerprint density at radius 3 is 2.07 bits per heavy atom. The van der Waals surface area contributed by atoms with Gasteiger partial charge in [0.25, 0.3) is 5.56 Å². The molecule has 4 rings (SSSR count). The summed E-state index contributed by atoms with van der Waals surface area (Å²) in [5.74, 6) is -0.827. The normalized spacial score (nSPS) is 11.2. The smallest absolute Gasteiger partial charge is 0.406 e. The summed E-state index contributed by atoms with van der Waals surface area (Å²) in [5.41, 5.74) is 1.33. The predicted molar refractivity (Wildman–Crippen MR) is 104 cm³/mol. The van der Waals surface area contributed by atoms with Gasteiger partial charge in [-0.2, -0.15) is 0 Å². The number of hydrogen-bond donors (Lipinski definition) is 0. The van der Waals surface area contributed by atoms with Gasteiger partial charge in [-0.15, -0.1) is 13.2 Å². The molecule has 0 atom stereocenters. The van der Waals surface area contributed by atoms with Gasteiger partial charge in [0, 0.05) is 29.8 Å². The van der Waals surface area contributed by atoms with Crippen molar-refractivity contribution in [1.82, 2.24) is 14.5 Å². The third-order valence-electron chi connectivity index (χ3n) is 4.14. The molecule has 9 heteroatoms. The van der Waals surface area contributed by atoms with Gasteiger partial charge in [-0.1, -0.05) is 19.6 Å². The topological polar surface area (TPSA) is 57.0 Å². The maximum absolute atomic E-state index is 13.3. The fourth-order valence-corrected chi connectivity index (χ4v) is 2.90. The average molecular weight is 417 g/mol. The van der Waals surface area contributed by atoms with Crippen molar-refractivity contribution in [3.63, 3.8) is 0 Å². The Bertz CT molecular complexity index is 1230. The lowest BCUT2D eigenvalue weighted by Crippen LogP contribution is -2.20. The van der Waals surface area contributed by atoms with Crippen molar-refractivity contribution in [3.05, 3.63) is 83.3 Å². The van der Waals surface area contributed by atoms with Crippen molar-refractivity contribution < 1.29 is 22.3 Å². The van der Waals surface area contributed by atoms with Crippen LogP contribution in [-0.4, -0.2) is 20.9 Å². The van der Waals surface area contributed by atoms with Crippen LogP contribution in [-0.2, 0) is 0 Å². The van der Waals surface area contributed by atoms with E-state index in [0.717, 1.165) is 12.1 Å². The molecule has 2 aromatic heterocycles. The number of fused-ring (bicyclic) bond motifs is 1. The number of aromatic nitrogens is 3. The fourth-order valence-electron chi connectivity index (χ4n) is 2.90. The van der Waals surface area contributed by atoms with Crippen molar-refractivity contribution in [2.24, 2.45) is 0 Å². The fraction of sp³-hybridized carbons (Fsp3) is 0.0952. The molecule has 4 aromatic rings. The zero-order valence-corrected chi connectivity index (χ0v) is 14.5. The number of halogens is 4. The van der Waals surface area contributed by atoms with Gasteiger partial charge in [0.15, 0.2) is 5.52 Å². The molecule has 2 heterocycles. The zero-order valence-electron chi connectivity index (χ0n) is 14.5. The predicted octanol–water partition coefficient (Wildman–Crippen LogP) is 5.12. The Hall–Kier alpha value is -3.75. The summed E-state index contributed by atoms with van der Waals surface area (Å²) >= 11 is 0. The van der Waals surface area contributed by atoms with Crippen LogP contribution in [0.5, 0.6) is 5.75 Å². The summed E-state index contributed by atoms with van der Waals surface area (Å²) in [6.07, 6.45) is -0.524. The molecule has 0 amide bonds. The Morgan fingerprint density at radius 2 is 1.47 bits per heavy atom. The molecule has 30 heavy (non-hydrogen) atoms. The third kappa shape index (κ3) is 4.14. The van der Waals surface area contributed by atoms with E-state index in [0.29, 0.717) is 22.3 Å². The van der Waals surface area contributed by atoms with Crippen molar-refractivity contribution in [1.29, 1.82) is 0 Å². The van der Waals surface area contributed by atoms with Gasteiger partial charge < -0.3 is 4.74 Å². The van der Waals surface area contributed by atoms with E-state index < -0.39 is 23.5 Å². The van der Waals surface area contributed by atoms with E-state index in [1.54, 1.807) is 0 Å². The minimum Gasteiger partial charge on any atom is -0.406 e. The van der Waals surface area contributed by atoms with Gasteiger partial charge in [-0.25, -0.2) is 9.37 Å². The Kier molecular flexibility index (Phi) is 5.55. The van der Waals surface area contributed by atoms with Crippen LogP contribution in [0, 0.1) is 5.82 Å². The van der Waals surface area contributed by atoms with Gasteiger partial charge in [0.05, 0.1) is 0 Å². The van der Waals surface area contributed by atoms with E-state index in [2.05, 4.69) is 14.7 Å². The summed E-state index contributed by atoms with van der Waals surface area (Å²) in [4.78, 5) is 21.2. The van der Waals surface area contributed by atoms with Crippen molar-refractivity contribution in [3.8, 4) is 22.6 Å². The van der Waals surface area contributed by atoms with E-state index in [1.165, 1.54) is 59.6 Å². The maximum Gasteiger partial charge on any atom is 0.573 e. The summed E-state index contributed by atoms with van der Waals surface area (Å²) < 4.78 is 55.5. The molecule has 5 nitrogen and oxygen atoms in total. The highest BCUT2D eigenvalue weighted by atomic mass is 19.4. The molecule has 0 saturated heterocycles. The molecule has 0 aliphatic heterocycles. The van der Waals surface area contributed by atoms with Crippen molar-refractivity contribution >= 4 is 11.0 Å². The first-order valence-electron chi connectivity index (χ1n) is 8.30. The van der Waals surface area contributed by atoms with Crippen LogP contribution in [0.25, 0.3) is 27.8 Å². The molecule has 0 aliphatic carbocycles.